The minimum absolute atomic E-state index is 0.264. The lowest BCUT2D eigenvalue weighted by atomic mass is 10.1. The van der Waals surface area contributed by atoms with Crippen LogP contribution in [0.2, 0.25) is 5.02 Å². The van der Waals surface area contributed by atoms with Crippen LogP contribution < -0.4 is 10.3 Å². The van der Waals surface area contributed by atoms with Crippen LogP contribution in [-0.2, 0) is 4.79 Å². The zero-order valence-corrected chi connectivity index (χ0v) is 13.9. The molecule has 0 atom stereocenters. The summed E-state index contributed by atoms with van der Waals surface area (Å²) in [6.07, 6.45) is 0. The minimum atomic E-state index is -0.264. The molecule has 1 heterocycles. The Balaban J connectivity index is 1.86. The zero-order valence-electron chi connectivity index (χ0n) is 13.2. The fourth-order valence-corrected chi connectivity index (χ4v) is 2.97. The molecule has 1 amide bonds. The molecule has 0 aromatic heterocycles. The number of amides is 1. The molecule has 3 aromatic rings. The smallest absolute Gasteiger partial charge is 0.276 e. The SMILES string of the molecule is O=C1Nc2c(Cl)cccc2C1=NN(c1ccccc1)c1ccccc1. The van der Waals surface area contributed by atoms with Crippen LogP contribution in [0.15, 0.2) is 84.0 Å². The van der Waals surface area contributed by atoms with E-state index in [1.807, 2.05) is 72.8 Å². The maximum atomic E-state index is 12.5. The number of para-hydroxylation sites is 3. The molecule has 3 aromatic carbocycles. The van der Waals surface area contributed by atoms with Gasteiger partial charge in [-0.05, 0) is 30.3 Å². The number of hydrogen-bond acceptors (Lipinski definition) is 3. The third-order valence-electron chi connectivity index (χ3n) is 3.92. The van der Waals surface area contributed by atoms with E-state index >= 15 is 0 Å². The molecule has 0 spiro atoms. The van der Waals surface area contributed by atoms with Gasteiger partial charge in [-0.15, -0.1) is 0 Å². The second-order valence-electron chi connectivity index (χ2n) is 5.55. The Labute approximate surface area is 150 Å². The molecule has 0 bridgehead atoms. The van der Waals surface area contributed by atoms with E-state index in [2.05, 4.69) is 10.4 Å². The lowest BCUT2D eigenvalue weighted by Crippen LogP contribution is -2.20. The van der Waals surface area contributed by atoms with Gasteiger partial charge < -0.3 is 5.32 Å². The number of hydrazone groups is 1. The second-order valence-corrected chi connectivity index (χ2v) is 5.96. The first kappa shape index (κ1) is 15.4. The Kier molecular flexibility index (Phi) is 3.96. The van der Waals surface area contributed by atoms with Crippen LogP contribution in [0, 0.1) is 0 Å². The molecule has 1 aliphatic heterocycles. The van der Waals surface area contributed by atoms with Crippen LogP contribution in [0.4, 0.5) is 17.1 Å². The summed E-state index contributed by atoms with van der Waals surface area (Å²) < 4.78 is 0. The highest BCUT2D eigenvalue weighted by Crippen LogP contribution is 2.33. The number of carbonyl (C=O) groups excluding carboxylic acids is 1. The zero-order chi connectivity index (χ0) is 17.2. The molecule has 0 fully saturated rings. The van der Waals surface area contributed by atoms with Crippen molar-refractivity contribution in [1.29, 1.82) is 0 Å². The number of rotatable bonds is 3. The van der Waals surface area contributed by atoms with E-state index in [4.69, 9.17) is 11.6 Å². The summed E-state index contributed by atoms with van der Waals surface area (Å²) in [4.78, 5) is 12.5. The van der Waals surface area contributed by atoms with Crippen molar-refractivity contribution in [2.75, 3.05) is 10.3 Å². The molecule has 4 rings (SSSR count). The molecule has 1 N–H and O–H groups in total. The van der Waals surface area contributed by atoms with Gasteiger partial charge in [0, 0.05) is 5.56 Å². The predicted molar refractivity (Wildman–Crippen MR) is 102 cm³/mol. The molecular weight excluding hydrogens is 334 g/mol. The number of halogens is 1. The van der Waals surface area contributed by atoms with Crippen LogP contribution in [0.3, 0.4) is 0 Å². The maximum absolute atomic E-state index is 12.5. The standard InChI is InChI=1S/C20H14ClN3O/c21-17-13-7-12-16-18(17)22-20(25)19(16)23-24(14-8-3-1-4-9-14)15-10-5-2-6-11-15/h1-13H,(H,22,23,25). The predicted octanol–water partition coefficient (Wildman–Crippen LogP) is 4.83. The van der Waals surface area contributed by atoms with E-state index in [1.54, 1.807) is 11.1 Å². The van der Waals surface area contributed by atoms with E-state index in [0.29, 0.717) is 22.0 Å². The monoisotopic (exact) mass is 347 g/mol. The van der Waals surface area contributed by atoms with E-state index in [0.717, 1.165) is 11.4 Å². The average Bonchev–Trinajstić information content (AvgIpc) is 2.98. The third-order valence-corrected chi connectivity index (χ3v) is 4.24. The number of nitrogens with zero attached hydrogens (tertiary/aromatic N) is 2. The largest absolute Gasteiger partial charge is 0.319 e. The molecule has 25 heavy (non-hydrogen) atoms. The topological polar surface area (TPSA) is 44.7 Å². The second kappa shape index (κ2) is 6.42. The van der Waals surface area contributed by atoms with Gasteiger partial charge in [0.15, 0.2) is 5.71 Å². The Hall–Kier alpha value is -3.11. The average molecular weight is 348 g/mol. The van der Waals surface area contributed by atoms with E-state index in [9.17, 15) is 4.79 Å². The molecule has 4 nitrogen and oxygen atoms in total. The molecule has 0 saturated heterocycles. The van der Waals surface area contributed by atoms with Crippen LogP contribution in [0.25, 0.3) is 0 Å². The summed E-state index contributed by atoms with van der Waals surface area (Å²) in [6.45, 7) is 0. The van der Waals surface area contributed by atoms with Crippen molar-refractivity contribution < 1.29 is 4.79 Å². The fourth-order valence-electron chi connectivity index (χ4n) is 2.75. The number of nitrogens with one attached hydrogen (secondary N) is 1. The van der Waals surface area contributed by atoms with Gasteiger partial charge in [-0.25, -0.2) is 5.01 Å². The summed E-state index contributed by atoms with van der Waals surface area (Å²) >= 11 is 6.19. The molecular formula is C20H14ClN3O. The summed E-state index contributed by atoms with van der Waals surface area (Å²) in [5, 5.41) is 9.71. The molecule has 0 saturated carbocycles. The first-order valence-electron chi connectivity index (χ1n) is 7.83. The lowest BCUT2D eigenvalue weighted by Gasteiger charge is -2.20. The van der Waals surface area contributed by atoms with E-state index in [-0.39, 0.29) is 5.91 Å². The molecule has 122 valence electrons. The third kappa shape index (κ3) is 2.88. The van der Waals surface area contributed by atoms with Crippen molar-refractivity contribution in [3.63, 3.8) is 0 Å². The maximum Gasteiger partial charge on any atom is 0.276 e. The minimum Gasteiger partial charge on any atom is -0.319 e. The van der Waals surface area contributed by atoms with Crippen molar-refractivity contribution in [3.8, 4) is 0 Å². The number of fused-ring (bicyclic) bond motifs is 1. The number of hydrogen-bond donors (Lipinski definition) is 1. The normalized spacial score (nSPS) is 14.3. The van der Waals surface area contributed by atoms with E-state index < -0.39 is 0 Å². The Bertz CT molecular complexity index is 916. The first-order chi connectivity index (χ1) is 12.2. The molecule has 0 radical (unpaired) electrons. The summed E-state index contributed by atoms with van der Waals surface area (Å²) in [5.41, 5.74) is 3.38. The summed E-state index contributed by atoms with van der Waals surface area (Å²) in [7, 11) is 0. The van der Waals surface area contributed by atoms with Gasteiger partial charge in [0.1, 0.15) is 0 Å². The number of anilines is 3. The molecule has 1 aliphatic rings. The van der Waals surface area contributed by atoms with Crippen molar-refractivity contribution >= 4 is 40.3 Å². The van der Waals surface area contributed by atoms with Crippen molar-refractivity contribution in [3.05, 3.63) is 89.4 Å². The molecule has 0 aliphatic carbocycles. The van der Waals surface area contributed by atoms with Crippen molar-refractivity contribution in [2.45, 2.75) is 0 Å². The number of benzene rings is 3. The Morgan fingerprint density at radius 1 is 0.800 bits per heavy atom. The fraction of sp³-hybridized carbons (Fsp3) is 0. The van der Waals surface area contributed by atoms with Gasteiger partial charge >= 0.3 is 0 Å². The van der Waals surface area contributed by atoms with Gasteiger partial charge in [0.25, 0.3) is 5.91 Å². The molecule has 0 unspecified atom stereocenters. The van der Waals surface area contributed by atoms with E-state index in [1.165, 1.54) is 0 Å². The van der Waals surface area contributed by atoms with Gasteiger partial charge in [-0.2, -0.15) is 5.10 Å². The Morgan fingerprint density at radius 2 is 1.40 bits per heavy atom. The van der Waals surface area contributed by atoms with Crippen LogP contribution in [-0.4, -0.2) is 11.6 Å². The number of carbonyl (C=O) groups is 1. The van der Waals surface area contributed by atoms with Gasteiger partial charge in [-0.3, -0.25) is 4.79 Å². The highest BCUT2D eigenvalue weighted by atomic mass is 35.5. The lowest BCUT2D eigenvalue weighted by molar-refractivity contribution is -0.110. The highest BCUT2D eigenvalue weighted by molar-refractivity contribution is 6.55. The van der Waals surface area contributed by atoms with Gasteiger partial charge in [0.2, 0.25) is 0 Å². The first-order valence-corrected chi connectivity index (χ1v) is 8.21. The van der Waals surface area contributed by atoms with Crippen LogP contribution in [0.1, 0.15) is 5.56 Å². The van der Waals surface area contributed by atoms with Crippen molar-refractivity contribution in [2.24, 2.45) is 5.10 Å². The van der Waals surface area contributed by atoms with Crippen LogP contribution in [0.5, 0.6) is 0 Å². The van der Waals surface area contributed by atoms with Gasteiger partial charge in [0.05, 0.1) is 22.1 Å². The van der Waals surface area contributed by atoms with Gasteiger partial charge in [-0.1, -0.05) is 60.1 Å². The quantitative estimate of drug-likeness (QED) is 0.689. The molecule has 5 heteroatoms. The van der Waals surface area contributed by atoms with Crippen LogP contribution >= 0.6 is 11.6 Å². The van der Waals surface area contributed by atoms with Crippen molar-refractivity contribution in [1.82, 2.24) is 0 Å². The summed E-state index contributed by atoms with van der Waals surface area (Å²) in [5.74, 6) is -0.264. The Morgan fingerprint density at radius 3 is 2.00 bits per heavy atom. The summed E-state index contributed by atoms with van der Waals surface area (Å²) in [6, 6.07) is 24.8. The highest BCUT2D eigenvalue weighted by Gasteiger charge is 2.29.